The molecule has 1 amide bonds. The molecule has 0 radical (unpaired) electrons. The molecule has 0 spiro atoms. The number of pyridine rings is 1. The summed E-state index contributed by atoms with van der Waals surface area (Å²) in [5.41, 5.74) is 1.27. The summed E-state index contributed by atoms with van der Waals surface area (Å²) >= 11 is 6.12. The summed E-state index contributed by atoms with van der Waals surface area (Å²) in [4.78, 5) is 16.1. The summed E-state index contributed by atoms with van der Waals surface area (Å²) in [5.74, 6) is 0.321. The van der Waals surface area contributed by atoms with Crippen molar-refractivity contribution >= 4 is 34.4 Å². The fraction of sp³-hybridized carbons (Fsp3) is 0.500. The molecule has 0 saturated carbocycles. The van der Waals surface area contributed by atoms with Crippen molar-refractivity contribution in [2.75, 3.05) is 5.32 Å². The quantitative estimate of drug-likeness (QED) is 0.658. The second-order valence-corrected chi connectivity index (χ2v) is 7.89. The first-order valence-corrected chi connectivity index (χ1v) is 9.04. The zero-order valence-electron chi connectivity index (χ0n) is 16.0. The maximum Gasteiger partial charge on any atom is 0.413 e. The minimum absolute atomic E-state index is 0.0887. The van der Waals surface area contributed by atoms with Crippen LogP contribution in [0.25, 0.3) is 10.9 Å². The lowest BCUT2D eigenvalue weighted by atomic mass is 10.0. The maximum atomic E-state index is 11.8. The number of hydrogen-bond donors (Lipinski definition) is 1. The van der Waals surface area contributed by atoms with Crippen molar-refractivity contribution in [3.63, 3.8) is 0 Å². The van der Waals surface area contributed by atoms with E-state index in [9.17, 15) is 4.79 Å². The number of amides is 1. The molecule has 0 aliphatic carbocycles. The molecule has 1 N–H and O–H groups in total. The van der Waals surface area contributed by atoms with Crippen LogP contribution in [0.3, 0.4) is 0 Å². The number of para-hydroxylation sites is 1. The van der Waals surface area contributed by atoms with E-state index in [0.717, 1.165) is 23.7 Å². The summed E-state index contributed by atoms with van der Waals surface area (Å²) in [5, 5.41) is 3.92. The minimum atomic E-state index is -0.525. The van der Waals surface area contributed by atoms with Crippen LogP contribution in [0, 0.1) is 5.41 Å². The van der Waals surface area contributed by atoms with Crippen molar-refractivity contribution in [2.24, 2.45) is 5.41 Å². The molecule has 0 aliphatic rings. The van der Waals surface area contributed by atoms with Gasteiger partial charge in [-0.1, -0.05) is 71.3 Å². The fourth-order valence-corrected chi connectivity index (χ4v) is 2.12. The van der Waals surface area contributed by atoms with Crippen molar-refractivity contribution in [1.82, 2.24) is 4.98 Å². The third-order valence-electron chi connectivity index (χ3n) is 3.08. The van der Waals surface area contributed by atoms with E-state index in [1.165, 1.54) is 0 Å². The first-order valence-electron chi connectivity index (χ1n) is 8.67. The predicted octanol–water partition coefficient (Wildman–Crippen LogP) is 6.68. The number of nitrogens with zero attached hydrogens (tertiary/aromatic N) is 1. The van der Waals surface area contributed by atoms with Crippen LogP contribution in [0.5, 0.6) is 0 Å². The van der Waals surface area contributed by atoms with Crippen LogP contribution in [-0.2, 0) is 4.74 Å². The second kappa shape index (κ2) is 9.62. The van der Waals surface area contributed by atoms with E-state index in [4.69, 9.17) is 16.3 Å². The molecular weight excluding hydrogens is 336 g/mol. The van der Waals surface area contributed by atoms with Crippen molar-refractivity contribution in [2.45, 2.75) is 60.5 Å². The molecule has 5 heteroatoms. The van der Waals surface area contributed by atoms with Crippen LogP contribution in [0.15, 0.2) is 30.3 Å². The number of rotatable bonds is 4. The summed E-state index contributed by atoms with van der Waals surface area (Å²) in [7, 11) is 0. The van der Waals surface area contributed by atoms with Gasteiger partial charge in [0, 0.05) is 5.39 Å². The number of ether oxygens (including phenoxy) is 1. The lowest BCUT2D eigenvalue weighted by Gasteiger charge is -2.14. The third-order valence-corrected chi connectivity index (χ3v) is 3.37. The average molecular weight is 365 g/mol. The minimum Gasteiger partial charge on any atom is -0.446 e. The van der Waals surface area contributed by atoms with Crippen LogP contribution in [-0.4, -0.2) is 17.2 Å². The summed E-state index contributed by atoms with van der Waals surface area (Å²) in [6.45, 7) is 12.7. The molecule has 4 nitrogen and oxygen atoms in total. The second-order valence-electron chi connectivity index (χ2n) is 7.48. The molecule has 0 fully saturated rings. The Labute approximate surface area is 155 Å². The third kappa shape index (κ3) is 8.21. The summed E-state index contributed by atoms with van der Waals surface area (Å²) in [6.07, 6.45) is 0.948. The first-order chi connectivity index (χ1) is 11.6. The maximum absolute atomic E-state index is 11.8. The highest BCUT2D eigenvalue weighted by Crippen LogP contribution is 2.25. The normalized spacial score (nSPS) is 11.0. The summed E-state index contributed by atoms with van der Waals surface area (Å²) in [6, 6.07) is 9.35. The lowest BCUT2D eigenvalue weighted by molar-refractivity contribution is 0.106. The van der Waals surface area contributed by atoms with E-state index < -0.39 is 6.09 Å². The average Bonchev–Trinajstić information content (AvgIpc) is 2.51. The number of anilines is 1. The molecule has 1 heterocycles. The number of halogens is 1. The zero-order valence-corrected chi connectivity index (χ0v) is 16.8. The molecule has 0 atom stereocenters. The number of nitrogens with one attached hydrogen (secondary N) is 1. The lowest BCUT2D eigenvalue weighted by Crippen LogP contribution is -2.22. The molecule has 1 aromatic carbocycles. The number of carbonyl (C=O) groups is 1. The molecule has 1 aromatic heterocycles. The van der Waals surface area contributed by atoms with Crippen LogP contribution in [0.2, 0.25) is 5.02 Å². The van der Waals surface area contributed by atoms with Gasteiger partial charge in [0.2, 0.25) is 0 Å². The molecule has 0 unspecified atom stereocenters. The van der Waals surface area contributed by atoms with E-state index in [2.05, 4.69) is 38.0 Å². The Morgan fingerprint density at radius 2 is 1.76 bits per heavy atom. The molecule has 2 rings (SSSR count). The monoisotopic (exact) mass is 364 g/mol. The van der Waals surface area contributed by atoms with Crippen molar-refractivity contribution in [3.8, 4) is 0 Å². The smallest absolute Gasteiger partial charge is 0.413 e. The molecule has 0 aliphatic heterocycles. The van der Waals surface area contributed by atoms with Gasteiger partial charge >= 0.3 is 6.09 Å². The molecular formula is C20H29ClN2O2. The van der Waals surface area contributed by atoms with Gasteiger partial charge in [0.05, 0.1) is 10.5 Å². The van der Waals surface area contributed by atoms with E-state index >= 15 is 0 Å². The van der Waals surface area contributed by atoms with E-state index in [-0.39, 0.29) is 6.10 Å². The fourth-order valence-electron chi connectivity index (χ4n) is 1.91. The SMILES string of the molecule is CC(C)(C)C.CCC(CC)OC(=O)Nc1nc2ccccc2cc1Cl. The number of benzene rings is 1. The van der Waals surface area contributed by atoms with Crippen molar-refractivity contribution < 1.29 is 9.53 Å². The van der Waals surface area contributed by atoms with Crippen molar-refractivity contribution in [1.29, 1.82) is 0 Å². The molecule has 0 bridgehead atoms. The Hall–Kier alpha value is -1.81. The summed E-state index contributed by atoms with van der Waals surface area (Å²) < 4.78 is 5.27. The highest BCUT2D eigenvalue weighted by atomic mass is 35.5. The van der Waals surface area contributed by atoms with Gasteiger partial charge in [-0.2, -0.15) is 0 Å². The van der Waals surface area contributed by atoms with E-state index in [1.807, 2.05) is 38.1 Å². The first kappa shape index (κ1) is 21.2. The Balaban J connectivity index is 0.000000550. The Bertz CT molecular complexity index is 686. The topological polar surface area (TPSA) is 51.2 Å². The predicted molar refractivity (Wildman–Crippen MR) is 106 cm³/mol. The number of aromatic nitrogens is 1. The van der Waals surface area contributed by atoms with Gasteiger partial charge < -0.3 is 4.74 Å². The van der Waals surface area contributed by atoms with Gasteiger partial charge in [0.25, 0.3) is 0 Å². The van der Waals surface area contributed by atoms with Gasteiger partial charge in [-0.25, -0.2) is 9.78 Å². The highest BCUT2D eigenvalue weighted by Gasteiger charge is 2.13. The number of fused-ring (bicyclic) bond motifs is 1. The Morgan fingerprint density at radius 3 is 2.32 bits per heavy atom. The molecule has 25 heavy (non-hydrogen) atoms. The van der Waals surface area contributed by atoms with Crippen molar-refractivity contribution in [3.05, 3.63) is 35.4 Å². The zero-order chi connectivity index (χ0) is 19.0. The highest BCUT2D eigenvalue weighted by molar-refractivity contribution is 6.34. The van der Waals surface area contributed by atoms with Gasteiger partial charge in [-0.05, 0) is 30.4 Å². The van der Waals surface area contributed by atoms with Gasteiger partial charge in [-0.3, -0.25) is 5.32 Å². The number of carbonyl (C=O) groups excluding carboxylic acids is 1. The van der Waals surface area contributed by atoms with Gasteiger partial charge in [-0.15, -0.1) is 0 Å². The molecule has 2 aromatic rings. The van der Waals surface area contributed by atoms with Crippen LogP contribution in [0.1, 0.15) is 54.4 Å². The number of hydrogen-bond acceptors (Lipinski definition) is 3. The van der Waals surface area contributed by atoms with Gasteiger partial charge in [0.15, 0.2) is 5.82 Å². The standard InChI is InChI=1S/C15H17ClN2O2.C5H12/c1-3-11(4-2)20-15(19)18-14-12(16)9-10-7-5-6-8-13(10)17-14;1-5(2,3)4/h5-9,11H,3-4H2,1-2H3,(H,17,18,19);1-4H3. The Morgan fingerprint density at radius 1 is 1.20 bits per heavy atom. The van der Waals surface area contributed by atoms with Gasteiger partial charge in [0.1, 0.15) is 6.10 Å². The van der Waals surface area contributed by atoms with Crippen LogP contribution < -0.4 is 5.32 Å². The van der Waals surface area contributed by atoms with E-state index in [0.29, 0.717) is 16.3 Å². The molecule has 138 valence electrons. The van der Waals surface area contributed by atoms with E-state index in [1.54, 1.807) is 6.07 Å². The Kier molecular flexibility index (Phi) is 8.17. The van der Waals surface area contributed by atoms with Crippen LogP contribution >= 0.6 is 11.6 Å². The molecule has 0 saturated heterocycles. The van der Waals surface area contributed by atoms with Crippen LogP contribution in [0.4, 0.5) is 10.6 Å². The largest absolute Gasteiger partial charge is 0.446 e.